The number of fused-ring (bicyclic) bond motifs is 5. The Morgan fingerprint density at radius 2 is 1.83 bits per heavy atom. The fraction of sp³-hybridized carbons (Fsp3) is 0.952. The Bertz CT molecular complexity index is 534. The predicted molar refractivity (Wildman–Crippen MR) is 95.3 cm³/mol. The van der Waals surface area contributed by atoms with Crippen molar-refractivity contribution in [2.45, 2.75) is 84.3 Å². The summed E-state index contributed by atoms with van der Waals surface area (Å²) in [6.07, 6.45) is 8.75. The summed E-state index contributed by atoms with van der Waals surface area (Å²) in [4.78, 5) is 14.4. The first-order valence-corrected chi connectivity index (χ1v) is 10.3. The standard InChI is InChI=1S/C21H35NO2/c1-5-13-12-16-20(2,11-9-18(24)22(16)4)15-8-10-21(3)14(19(13)15)6-7-17(21)23/h13-17,19,23H,5-12H2,1-4H3/t13?,14-,15+,16?,17?,19-,20+,21-/m0/s1. The van der Waals surface area contributed by atoms with Crippen LogP contribution >= 0.6 is 0 Å². The van der Waals surface area contributed by atoms with Crippen LogP contribution in [0.1, 0.15) is 72.1 Å². The smallest absolute Gasteiger partial charge is 0.222 e. The largest absolute Gasteiger partial charge is 0.393 e. The number of rotatable bonds is 1. The van der Waals surface area contributed by atoms with E-state index in [4.69, 9.17) is 0 Å². The number of hydrogen-bond acceptors (Lipinski definition) is 2. The number of hydrogen-bond donors (Lipinski definition) is 1. The molecule has 4 aliphatic rings. The van der Waals surface area contributed by atoms with Gasteiger partial charge in [0.25, 0.3) is 0 Å². The molecular weight excluding hydrogens is 298 g/mol. The molecule has 1 amide bonds. The lowest BCUT2D eigenvalue weighted by molar-refractivity contribution is -0.170. The van der Waals surface area contributed by atoms with Crippen molar-refractivity contribution in [3.8, 4) is 0 Å². The lowest BCUT2D eigenvalue weighted by Crippen LogP contribution is -2.63. The van der Waals surface area contributed by atoms with Crippen molar-refractivity contribution in [3.63, 3.8) is 0 Å². The van der Waals surface area contributed by atoms with Gasteiger partial charge in [-0.15, -0.1) is 0 Å². The van der Waals surface area contributed by atoms with E-state index in [1.165, 1.54) is 32.1 Å². The van der Waals surface area contributed by atoms with E-state index in [-0.39, 0.29) is 16.9 Å². The summed E-state index contributed by atoms with van der Waals surface area (Å²) in [5.41, 5.74) is 0.433. The van der Waals surface area contributed by atoms with Crippen LogP contribution in [0.4, 0.5) is 0 Å². The minimum absolute atomic E-state index is 0.0953. The summed E-state index contributed by atoms with van der Waals surface area (Å²) < 4.78 is 0. The van der Waals surface area contributed by atoms with Crippen LogP contribution < -0.4 is 0 Å². The molecular formula is C21H35NO2. The van der Waals surface area contributed by atoms with Gasteiger partial charge in [-0.25, -0.2) is 0 Å². The summed E-state index contributed by atoms with van der Waals surface area (Å²) in [5.74, 6) is 3.25. The molecule has 1 heterocycles. The molecule has 3 saturated carbocycles. The zero-order valence-corrected chi connectivity index (χ0v) is 15.9. The Kier molecular flexibility index (Phi) is 3.84. The molecule has 3 heteroatoms. The number of aliphatic hydroxyl groups excluding tert-OH is 1. The first kappa shape index (κ1) is 16.9. The number of carbonyl (C=O) groups excluding carboxylic acids is 1. The van der Waals surface area contributed by atoms with Gasteiger partial charge < -0.3 is 10.0 Å². The van der Waals surface area contributed by atoms with Crippen LogP contribution in [0.2, 0.25) is 0 Å². The van der Waals surface area contributed by atoms with E-state index < -0.39 is 0 Å². The maximum absolute atomic E-state index is 12.3. The number of aliphatic hydroxyl groups is 1. The van der Waals surface area contributed by atoms with Gasteiger partial charge >= 0.3 is 0 Å². The van der Waals surface area contributed by atoms with Gasteiger partial charge in [0.2, 0.25) is 5.91 Å². The van der Waals surface area contributed by atoms with Gasteiger partial charge in [-0.3, -0.25) is 4.79 Å². The SMILES string of the molecule is CCC1CC2N(C)C(=O)CC[C@]2(C)[C@@H]2CC[C@]3(C)C(O)CC[C@H]3[C@H]12. The van der Waals surface area contributed by atoms with Crippen LogP contribution in [0, 0.1) is 34.5 Å². The number of carbonyl (C=O) groups is 1. The van der Waals surface area contributed by atoms with Crippen molar-refractivity contribution in [1.82, 2.24) is 4.90 Å². The summed E-state index contributed by atoms with van der Waals surface area (Å²) >= 11 is 0. The molecule has 3 unspecified atom stereocenters. The highest BCUT2D eigenvalue weighted by Crippen LogP contribution is 2.66. The highest BCUT2D eigenvalue weighted by molar-refractivity contribution is 5.77. The van der Waals surface area contributed by atoms with Crippen LogP contribution in [0.15, 0.2) is 0 Å². The average Bonchev–Trinajstić information content (AvgIpc) is 2.87. The van der Waals surface area contributed by atoms with Crippen LogP contribution in [0.3, 0.4) is 0 Å². The predicted octanol–water partition coefficient (Wildman–Crippen LogP) is 3.85. The van der Waals surface area contributed by atoms with Gasteiger partial charge in [0.1, 0.15) is 0 Å². The molecule has 1 N–H and O–H groups in total. The molecule has 1 aliphatic heterocycles. The second-order valence-corrected chi connectivity index (χ2v) is 9.86. The fourth-order valence-electron chi connectivity index (χ4n) is 7.67. The molecule has 0 bridgehead atoms. The maximum Gasteiger partial charge on any atom is 0.222 e. The third-order valence-corrected chi connectivity index (χ3v) is 9.22. The lowest BCUT2D eigenvalue weighted by atomic mass is 9.44. The van der Waals surface area contributed by atoms with Crippen molar-refractivity contribution in [2.75, 3.05) is 7.05 Å². The zero-order chi connectivity index (χ0) is 17.3. The van der Waals surface area contributed by atoms with Gasteiger partial charge in [-0.05, 0) is 73.0 Å². The number of piperidine rings is 1. The first-order chi connectivity index (χ1) is 11.3. The van der Waals surface area contributed by atoms with Crippen LogP contribution in [-0.2, 0) is 4.79 Å². The lowest BCUT2D eigenvalue weighted by Gasteiger charge is -2.63. The van der Waals surface area contributed by atoms with E-state index in [0.29, 0.717) is 17.9 Å². The zero-order valence-electron chi connectivity index (χ0n) is 15.9. The van der Waals surface area contributed by atoms with Gasteiger partial charge in [-0.1, -0.05) is 27.2 Å². The van der Waals surface area contributed by atoms with Crippen LogP contribution in [0.5, 0.6) is 0 Å². The number of likely N-dealkylation sites (tertiary alicyclic amines) is 1. The number of nitrogens with zero attached hydrogens (tertiary/aromatic N) is 1. The van der Waals surface area contributed by atoms with E-state index in [9.17, 15) is 9.90 Å². The van der Waals surface area contributed by atoms with E-state index in [2.05, 4.69) is 25.7 Å². The van der Waals surface area contributed by atoms with E-state index in [0.717, 1.165) is 37.0 Å². The monoisotopic (exact) mass is 333 g/mol. The highest BCUT2D eigenvalue weighted by atomic mass is 16.3. The molecule has 0 spiro atoms. The molecule has 24 heavy (non-hydrogen) atoms. The minimum atomic E-state index is -0.0953. The summed E-state index contributed by atoms with van der Waals surface area (Å²) in [6.45, 7) is 7.19. The second-order valence-electron chi connectivity index (χ2n) is 9.86. The Balaban J connectivity index is 1.72. The molecule has 3 aliphatic carbocycles. The molecule has 0 radical (unpaired) electrons. The van der Waals surface area contributed by atoms with E-state index in [1.807, 2.05) is 7.05 Å². The molecule has 1 saturated heterocycles. The molecule has 0 aromatic carbocycles. The van der Waals surface area contributed by atoms with Crippen LogP contribution in [-0.4, -0.2) is 35.1 Å². The third-order valence-electron chi connectivity index (χ3n) is 9.22. The normalized spacial score (nSPS) is 54.2. The quantitative estimate of drug-likeness (QED) is 0.792. The maximum atomic E-state index is 12.3. The number of amides is 1. The van der Waals surface area contributed by atoms with Crippen molar-refractivity contribution >= 4 is 5.91 Å². The summed E-state index contributed by atoms with van der Waals surface area (Å²) in [6, 6.07) is 0.431. The van der Waals surface area contributed by atoms with Crippen molar-refractivity contribution < 1.29 is 9.90 Å². The molecule has 0 aromatic heterocycles. The molecule has 4 rings (SSSR count). The van der Waals surface area contributed by atoms with Crippen molar-refractivity contribution in [1.29, 1.82) is 0 Å². The topological polar surface area (TPSA) is 40.5 Å². The van der Waals surface area contributed by atoms with Gasteiger partial charge in [0.05, 0.1) is 6.10 Å². The van der Waals surface area contributed by atoms with Crippen molar-refractivity contribution in [3.05, 3.63) is 0 Å². The third kappa shape index (κ3) is 2.03. The summed E-state index contributed by atoms with van der Waals surface area (Å²) in [7, 11) is 2.05. The second kappa shape index (κ2) is 5.46. The van der Waals surface area contributed by atoms with Crippen LogP contribution in [0.25, 0.3) is 0 Å². The van der Waals surface area contributed by atoms with Gasteiger partial charge in [0, 0.05) is 19.5 Å². The Morgan fingerprint density at radius 3 is 2.54 bits per heavy atom. The van der Waals surface area contributed by atoms with Crippen molar-refractivity contribution in [2.24, 2.45) is 34.5 Å². The van der Waals surface area contributed by atoms with Gasteiger partial charge in [-0.2, -0.15) is 0 Å². The van der Waals surface area contributed by atoms with Gasteiger partial charge in [0.15, 0.2) is 0 Å². The molecule has 3 nitrogen and oxygen atoms in total. The summed E-state index contributed by atoms with van der Waals surface area (Å²) in [5, 5.41) is 10.7. The Hall–Kier alpha value is -0.570. The average molecular weight is 334 g/mol. The highest BCUT2D eigenvalue weighted by Gasteiger charge is 2.63. The Labute approximate surface area is 147 Å². The molecule has 0 aromatic rings. The molecule has 8 atom stereocenters. The first-order valence-electron chi connectivity index (χ1n) is 10.3. The molecule has 136 valence electrons. The molecule has 4 fully saturated rings. The van der Waals surface area contributed by atoms with E-state index in [1.54, 1.807) is 0 Å². The minimum Gasteiger partial charge on any atom is -0.393 e. The fourth-order valence-corrected chi connectivity index (χ4v) is 7.67. The Morgan fingerprint density at radius 1 is 1.12 bits per heavy atom. The van der Waals surface area contributed by atoms with E-state index >= 15 is 0 Å².